The molecule has 0 aliphatic rings. The van der Waals surface area contributed by atoms with Gasteiger partial charge in [-0.3, -0.25) is 9.59 Å². The monoisotopic (exact) mass is 399 g/mol. The van der Waals surface area contributed by atoms with Crippen LogP contribution in [0.3, 0.4) is 0 Å². The molecule has 3 N–H and O–H groups in total. The van der Waals surface area contributed by atoms with Crippen LogP contribution in [0.5, 0.6) is 11.5 Å². The zero-order valence-electron chi connectivity index (χ0n) is 17.4. The summed E-state index contributed by atoms with van der Waals surface area (Å²) in [5, 5.41) is 2.98. The molecular formula is C22H29N3O4. The van der Waals surface area contributed by atoms with E-state index in [4.69, 9.17) is 15.2 Å². The van der Waals surface area contributed by atoms with Gasteiger partial charge in [-0.1, -0.05) is 31.2 Å². The van der Waals surface area contributed by atoms with Crippen molar-refractivity contribution in [2.75, 3.05) is 34.4 Å². The summed E-state index contributed by atoms with van der Waals surface area (Å²) in [6.45, 7) is 2.32. The molecule has 2 rings (SSSR count). The van der Waals surface area contributed by atoms with Gasteiger partial charge in [0.2, 0.25) is 0 Å². The standard InChI is InChI=1S/C22H29N3O4/c1-5-15-6-8-16(9-7-15)18(25(2)3)13-24-22(27)17-10-11-19(20(12-17)28-4)29-14-21(23)26/h6-12,18H,5,13-14H2,1-4H3,(H2,23,26)(H,24,27). The molecule has 0 heterocycles. The zero-order valence-corrected chi connectivity index (χ0v) is 17.4. The number of nitrogens with two attached hydrogens (primary N) is 1. The summed E-state index contributed by atoms with van der Waals surface area (Å²) in [6.07, 6.45) is 0.991. The summed E-state index contributed by atoms with van der Waals surface area (Å²) in [7, 11) is 5.44. The van der Waals surface area contributed by atoms with Gasteiger partial charge in [0.1, 0.15) is 0 Å². The van der Waals surface area contributed by atoms with E-state index in [0.29, 0.717) is 23.6 Å². The topological polar surface area (TPSA) is 93.9 Å². The molecule has 0 fully saturated rings. The molecule has 7 nitrogen and oxygen atoms in total. The first-order chi connectivity index (χ1) is 13.8. The summed E-state index contributed by atoms with van der Waals surface area (Å²) in [5.41, 5.74) is 7.95. The lowest BCUT2D eigenvalue weighted by molar-refractivity contribution is -0.119. The summed E-state index contributed by atoms with van der Waals surface area (Å²) in [6, 6.07) is 13.3. The Bertz CT molecular complexity index is 834. The average molecular weight is 399 g/mol. The Labute approximate surface area is 171 Å². The number of hydrogen-bond acceptors (Lipinski definition) is 5. The quantitative estimate of drug-likeness (QED) is 0.639. The number of benzene rings is 2. The van der Waals surface area contributed by atoms with Crippen molar-refractivity contribution in [2.45, 2.75) is 19.4 Å². The van der Waals surface area contributed by atoms with Crippen LogP contribution in [-0.4, -0.2) is 51.1 Å². The second-order valence-electron chi connectivity index (χ2n) is 6.91. The molecule has 0 radical (unpaired) electrons. The van der Waals surface area contributed by atoms with Gasteiger partial charge in [0.05, 0.1) is 13.2 Å². The third-order valence-corrected chi connectivity index (χ3v) is 4.65. The molecule has 2 aromatic carbocycles. The Morgan fingerprint density at radius 3 is 2.34 bits per heavy atom. The van der Waals surface area contributed by atoms with E-state index in [9.17, 15) is 9.59 Å². The van der Waals surface area contributed by atoms with Gasteiger partial charge in [-0.2, -0.15) is 0 Å². The van der Waals surface area contributed by atoms with E-state index in [0.717, 1.165) is 12.0 Å². The highest BCUT2D eigenvalue weighted by Gasteiger charge is 2.17. The molecule has 0 aliphatic carbocycles. The fourth-order valence-corrected chi connectivity index (χ4v) is 2.94. The van der Waals surface area contributed by atoms with Crippen molar-refractivity contribution in [1.82, 2.24) is 10.2 Å². The maximum Gasteiger partial charge on any atom is 0.255 e. The summed E-state index contributed by atoms with van der Waals surface area (Å²) in [5.74, 6) is -0.0967. The Hall–Kier alpha value is -3.06. The second kappa shape index (κ2) is 10.5. The van der Waals surface area contributed by atoms with E-state index in [-0.39, 0.29) is 18.6 Å². The van der Waals surface area contributed by atoms with Gasteiger partial charge >= 0.3 is 0 Å². The molecule has 7 heteroatoms. The molecule has 2 aromatic rings. The van der Waals surface area contributed by atoms with Crippen LogP contribution in [0.25, 0.3) is 0 Å². The normalized spacial score (nSPS) is 11.8. The Morgan fingerprint density at radius 1 is 1.10 bits per heavy atom. The number of aryl methyl sites for hydroxylation is 1. The molecule has 2 amide bonds. The van der Waals surface area contributed by atoms with Crippen LogP contribution >= 0.6 is 0 Å². The lowest BCUT2D eigenvalue weighted by Gasteiger charge is -2.25. The van der Waals surface area contributed by atoms with Gasteiger partial charge in [0.15, 0.2) is 18.1 Å². The van der Waals surface area contributed by atoms with Crippen LogP contribution < -0.4 is 20.5 Å². The molecular weight excluding hydrogens is 370 g/mol. The Balaban J connectivity index is 2.08. The first kappa shape index (κ1) is 22.2. The molecule has 0 saturated heterocycles. The van der Waals surface area contributed by atoms with Gasteiger partial charge in [0, 0.05) is 12.1 Å². The van der Waals surface area contributed by atoms with Gasteiger partial charge in [-0.25, -0.2) is 0 Å². The maximum absolute atomic E-state index is 12.6. The molecule has 1 atom stereocenters. The third-order valence-electron chi connectivity index (χ3n) is 4.65. The first-order valence-electron chi connectivity index (χ1n) is 9.48. The Kier molecular flexibility index (Phi) is 8.03. The van der Waals surface area contributed by atoms with Crippen molar-refractivity contribution in [2.24, 2.45) is 5.73 Å². The van der Waals surface area contributed by atoms with Crippen LogP contribution in [0.1, 0.15) is 34.5 Å². The molecule has 0 bridgehead atoms. The summed E-state index contributed by atoms with van der Waals surface area (Å²) in [4.78, 5) is 25.6. The lowest BCUT2D eigenvalue weighted by Crippen LogP contribution is -2.34. The van der Waals surface area contributed by atoms with Crippen molar-refractivity contribution < 1.29 is 19.1 Å². The van der Waals surface area contributed by atoms with Gasteiger partial charge in [-0.05, 0) is 49.8 Å². The number of nitrogens with one attached hydrogen (secondary N) is 1. The van der Waals surface area contributed by atoms with E-state index in [2.05, 4.69) is 41.4 Å². The SMILES string of the molecule is CCc1ccc(C(CNC(=O)c2ccc(OCC(N)=O)c(OC)c2)N(C)C)cc1. The van der Waals surface area contributed by atoms with Crippen molar-refractivity contribution in [3.63, 3.8) is 0 Å². The van der Waals surface area contributed by atoms with Crippen LogP contribution in [0, 0.1) is 0 Å². The molecule has 1 unspecified atom stereocenters. The number of methoxy groups -OCH3 is 1. The van der Waals surface area contributed by atoms with Crippen molar-refractivity contribution in [1.29, 1.82) is 0 Å². The number of likely N-dealkylation sites (N-methyl/N-ethyl adjacent to an activating group) is 1. The van der Waals surface area contributed by atoms with Crippen LogP contribution in [-0.2, 0) is 11.2 Å². The molecule has 0 aromatic heterocycles. The maximum atomic E-state index is 12.6. The average Bonchev–Trinajstić information content (AvgIpc) is 2.72. The fourth-order valence-electron chi connectivity index (χ4n) is 2.94. The first-order valence-corrected chi connectivity index (χ1v) is 9.48. The van der Waals surface area contributed by atoms with Crippen LogP contribution in [0.2, 0.25) is 0 Å². The molecule has 156 valence electrons. The van der Waals surface area contributed by atoms with Crippen molar-refractivity contribution in [3.05, 3.63) is 59.2 Å². The van der Waals surface area contributed by atoms with E-state index in [1.54, 1.807) is 18.2 Å². The molecule has 0 saturated carbocycles. The zero-order chi connectivity index (χ0) is 21.4. The number of rotatable bonds is 10. The second-order valence-corrected chi connectivity index (χ2v) is 6.91. The van der Waals surface area contributed by atoms with Gasteiger partial charge in [-0.15, -0.1) is 0 Å². The summed E-state index contributed by atoms with van der Waals surface area (Å²) < 4.78 is 10.6. The van der Waals surface area contributed by atoms with E-state index in [1.807, 2.05) is 14.1 Å². The number of carbonyl (C=O) groups is 2. The minimum absolute atomic E-state index is 0.0462. The minimum Gasteiger partial charge on any atom is -0.493 e. The molecule has 29 heavy (non-hydrogen) atoms. The summed E-state index contributed by atoms with van der Waals surface area (Å²) >= 11 is 0. The number of nitrogens with zero attached hydrogens (tertiary/aromatic N) is 1. The highest BCUT2D eigenvalue weighted by molar-refractivity contribution is 5.95. The van der Waals surface area contributed by atoms with Gasteiger partial charge < -0.3 is 25.4 Å². The highest BCUT2D eigenvalue weighted by Crippen LogP contribution is 2.28. The number of carbonyl (C=O) groups excluding carboxylic acids is 2. The number of amides is 2. The molecule has 0 aliphatic heterocycles. The highest BCUT2D eigenvalue weighted by atomic mass is 16.5. The predicted molar refractivity (Wildman–Crippen MR) is 112 cm³/mol. The van der Waals surface area contributed by atoms with Crippen molar-refractivity contribution >= 4 is 11.8 Å². The Morgan fingerprint density at radius 2 is 1.79 bits per heavy atom. The molecule has 0 spiro atoms. The van der Waals surface area contributed by atoms with E-state index < -0.39 is 5.91 Å². The number of hydrogen-bond donors (Lipinski definition) is 2. The van der Waals surface area contributed by atoms with Crippen LogP contribution in [0.4, 0.5) is 0 Å². The third kappa shape index (κ3) is 6.22. The lowest BCUT2D eigenvalue weighted by atomic mass is 10.0. The van der Waals surface area contributed by atoms with E-state index in [1.165, 1.54) is 12.7 Å². The smallest absolute Gasteiger partial charge is 0.255 e. The number of primary amides is 1. The minimum atomic E-state index is -0.587. The number of ether oxygens (including phenoxy) is 2. The van der Waals surface area contributed by atoms with Crippen molar-refractivity contribution in [3.8, 4) is 11.5 Å². The fraction of sp³-hybridized carbons (Fsp3) is 0.364. The van der Waals surface area contributed by atoms with E-state index >= 15 is 0 Å². The predicted octanol–water partition coefficient (Wildman–Crippen LogP) is 2.15. The largest absolute Gasteiger partial charge is 0.493 e. The van der Waals surface area contributed by atoms with Gasteiger partial charge in [0.25, 0.3) is 11.8 Å². The van der Waals surface area contributed by atoms with Crippen LogP contribution in [0.15, 0.2) is 42.5 Å².